The normalized spacial score (nSPS) is 26.9. The second kappa shape index (κ2) is 7.32. The Morgan fingerprint density at radius 3 is 2.83 bits per heavy atom. The molecular weight excluding hydrogens is 452 g/mol. The van der Waals surface area contributed by atoms with Gasteiger partial charge in [0.05, 0.1) is 22.1 Å². The van der Waals surface area contributed by atoms with E-state index in [0.29, 0.717) is 6.54 Å². The van der Waals surface area contributed by atoms with Gasteiger partial charge >= 0.3 is 0 Å². The van der Waals surface area contributed by atoms with Gasteiger partial charge in [-0.2, -0.15) is 0 Å². The number of allylic oxidation sites excluding steroid dienone is 2. The molecule has 7 nitrogen and oxygen atoms in total. The Balaban J connectivity index is 1.80. The third-order valence-corrected chi connectivity index (χ3v) is 8.58. The monoisotopic (exact) mass is 482 g/mol. The zero-order chi connectivity index (χ0) is 24.9. The van der Waals surface area contributed by atoms with Crippen molar-refractivity contribution in [2.24, 2.45) is 0 Å². The van der Waals surface area contributed by atoms with E-state index in [-0.39, 0.29) is 24.3 Å². The maximum atomic E-state index is 13.4. The molecule has 0 radical (unpaired) electrons. The predicted molar refractivity (Wildman–Crippen MR) is 142 cm³/mol. The van der Waals surface area contributed by atoms with Gasteiger partial charge in [0.15, 0.2) is 5.72 Å². The molecule has 7 heteroatoms. The first-order chi connectivity index (χ1) is 17.5. The van der Waals surface area contributed by atoms with Gasteiger partial charge in [-0.1, -0.05) is 43.0 Å². The fourth-order valence-corrected chi connectivity index (χ4v) is 7.26. The Labute approximate surface area is 209 Å². The molecule has 3 aliphatic rings. The summed E-state index contributed by atoms with van der Waals surface area (Å²) in [5, 5.41) is 9.82. The van der Waals surface area contributed by atoms with Crippen LogP contribution >= 0.6 is 0 Å². The number of ether oxygens (including phenoxy) is 2. The first-order valence-electron chi connectivity index (χ1n) is 12.5. The number of rotatable bonds is 4. The number of nitrogens with zero attached hydrogens (tertiary/aromatic N) is 2. The zero-order valence-electron chi connectivity index (χ0n) is 21.0. The first kappa shape index (κ1) is 21.9. The summed E-state index contributed by atoms with van der Waals surface area (Å²) in [5.41, 5.74) is 6.46. The molecule has 3 aliphatic heterocycles. The smallest absolute Gasteiger partial charge is 0.252 e. The van der Waals surface area contributed by atoms with E-state index in [2.05, 4.69) is 64.5 Å². The molecule has 184 valence electrons. The average molecular weight is 483 g/mol. The van der Waals surface area contributed by atoms with Gasteiger partial charge in [-0.05, 0) is 32.5 Å². The van der Waals surface area contributed by atoms with Crippen LogP contribution in [0, 0.1) is 6.92 Å². The van der Waals surface area contributed by atoms with E-state index in [1.54, 1.807) is 13.2 Å². The molecular formula is C29H30N4O3. The van der Waals surface area contributed by atoms with Crippen LogP contribution in [0.3, 0.4) is 0 Å². The molecule has 4 atom stereocenters. The van der Waals surface area contributed by atoms with Crippen LogP contribution in [0.1, 0.15) is 46.8 Å². The number of carbonyl (C=O) groups is 1. The van der Waals surface area contributed by atoms with Crippen molar-refractivity contribution in [3.63, 3.8) is 0 Å². The maximum Gasteiger partial charge on any atom is 0.252 e. The van der Waals surface area contributed by atoms with E-state index < -0.39 is 5.72 Å². The van der Waals surface area contributed by atoms with Crippen LogP contribution in [0.25, 0.3) is 38.8 Å². The Hall–Kier alpha value is -3.39. The van der Waals surface area contributed by atoms with Crippen LogP contribution in [0.5, 0.6) is 0 Å². The SMILES string of the molecule is C=C/C=C\c1c(C)n2c3c1c1c(c4c5ccccc5n(c43)C3C[C@@H](NC)C(OC)C2(C)O3)C(=O)NC1. The Morgan fingerprint density at radius 2 is 2.08 bits per heavy atom. The fraction of sp³-hybridized carbons (Fsp3) is 0.345. The lowest BCUT2D eigenvalue weighted by Gasteiger charge is -2.48. The van der Waals surface area contributed by atoms with Crippen molar-refractivity contribution in [2.45, 2.75) is 50.9 Å². The molecule has 2 aromatic carbocycles. The summed E-state index contributed by atoms with van der Waals surface area (Å²) in [4.78, 5) is 13.4. The number of amides is 1. The van der Waals surface area contributed by atoms with Crippen molar-refractivity contribution in [2.75, 3.05) is 14.2 Å². The van der Waals surface area contributed by atoms with E-state index in [1.165, 1.54) is 0 Å². The van der Waals surface area contributed by atoms with Crippen molar-refractivity contribution in [3.05, 3.63) is 65.4 Å². The number of aromatic nitrogens is 2. The van der Waals surface area contributed by atoms with Gasteiger partial charge in [-0.15, -0.1) is 0 Å². The van der Waals surface area contributed by atoms with Crippen LogP contribution in [0.15, 0.2) is 43.0 Å². The number of carbonyl (C=O) groups excluding carboxylic acids is 1. The number of para-hydroxylation sites is 1. The quantitative estimate of drug-likeness (QED) is 0.414. The van der Waals surface area contributed by atoms with Crippen molar-refractivity contribution >= 4 is 44.7 Å². The molecule has 1 fully saturated rings. The molecule has 1 amide bonds. The largest absolute Gasteiger partial charge is 0.375 e. The third kappa shape index (κ3) is 2.41. The average Bonchev–Trinajstić information content (AvgIpc) is 3.49. The Kier molecular flexibility index (Phi) is 4.44. The van der Waals surface area contributed by atoms with Crippen LogP contribution in [-0.4, -0.2) is 41.3 Å². The summed E-state index contributed by atoms with van der Waals surface area (Å²) in [6.07, 6.45) is 6.16. The lowest BCUT2D eigenvalue weighted by atomic mass is 9.93. The number of hydrogen-bond acceptors (Lipinski definition) is 4. The minimum atomic E-state index is -0.773. The number of hydrogen-bond donors (Lipinski definition) is 2. The van der Waals surface area contributed by atoms with Crippen LogP contribution in [-0.2, 0) is 21.7 Å². The van der Waals surface area contributed by atoms with Crippen LogP contribution in [0.4, 0.5) is 0 Å². The summed E-state index contributed by atoms with van der Waals surface area (Å²) in [6.45, 7) is 8.68. The highest BCUT2D eigenvalue weighted by Crippen LogP contribution is 2.53. The number of benzene rings is 2. The van der Waals surface area contributed by atoms with Crippen molar-refractivity contribution in [1.29, 1.82) is 0 Å². The Morgan fingerprint density at radius 1 is 1.28 bits per heavy atom. The van der Waals surface area contributed by atoms with E-state index in [1.807, 2.05) is 19.2 Å². The molecule has 36 heavy (non-hydrogen) atoms. The van der Waals surface area contributed by atoms with E-state index in [4.69, 9.17) is 9.47 Å². The minimum absolute atomic E-state index is 0.0129. The second-order valence-electron chi connectivity index (χ2n) is 10.2. The van der Waals surface area contributed by atoms with Gasteiger partial charge in [0, 0.05) is 53.5 Å². The van der Waals surface area contributed by atoms with Gasteiger partial charge in [-0.25, -0.2) is 0 Å². The highest BCUT2D eigenvalue weighted by Gasteiger charge is 2.53. The molecule has 0 aliphatic carbocycles. The molecule has 2 bridgehead atoms. The summed E-state index contributed by atoms with van der Waals surface area (Å²) < 4.78 is 17.9. The van der Waals surface area contributed by atoms with Crippen LogP contribution in [0.2, 0.25) is 0 Å². The molecule has 0 spiro atoms. The second-order valence-corrected chi connectivity index (χ2v) is 10.2. The number of nitrogens with one attached hydrogen (secondary N) is 2. The molecule has 1 saturated heterocycles. The lowest BCUT2D eigenvalue weighted by Crippen LogP contribution is -2.60. The van der Waals surface area contributed by atoms with Gasteiger partial charge in [0.1, 0.15) is 12.3 Å². The van der Waals surface area contributed by atoms with E-state index >= 15 is 0 Å². The first-order valence-corrected chi connectivity index (χ1v) is 12.5. The maximum absolute atomic E-state index is 13.4. The number of likely N-dealkylation sites (N-methyl/N-ethyl adjacent to an activating group) is 1. The van der Waals surface area contributed by atoms with Crippen LogP contribution < -0.4 is 10.6 Å². The van der Waals surface area contributed by atoms with Gasteiger partial charge in [0.2, 0.25) is 0 Å². The number of fused-ring (bicyclic) bond motifs is 10. The molecule has 3 unspecified atom stereocenters. The van der Waals surface area contributed by atoms with Gasteiger partial charge in [0.25, 0.3) is 5.91 Å². The molecule has 4 aromatic rings. The topological polar surface area (TPSA) is 69.5 Å². The highest BCUT2D eigenvalue weighted by atomic mass is 16.6. The van der Waals surface area contributed by atoms with Crippen molar-refractivity contribution in [3.8, 4) is 0 Å². The zero-order valence-corrected chi connectivity index (χ0v) is 21.0. The van der Waals surface area contributed by atoms with Crippen molar-refractivity contribution < 1.29 is 14.3 Å². The predicted octanol–water partition coefficient (Wildman–Crippen LogP) is 4.71. The van der Waals surface area contributed by atoms with Gasteiger partial charge in [-0.3, -0.25) is 4.79 Å². The lowest BCUT2D eigenvalue weighted by molar-refractivity contribution is -0.258. The summed E-state index contributed by atoms with van der Waals surface area (Å²) in [6, 6.07) is 8.45. The molecule has 5 heterocycles. The van der Waals surface area contributed by atoms with E-state index in [0.717, 1.165) is 61.5 Å². The summed E-state index contributed by atoms with van der Waals surface area (Å²) in [5.74, 6) is -0.0129. The standard InChI is InChI=1S/C29H30N4O3/c1-6-7-10-16-15(2)33-26-22(16)18-14-31-28(34)24(18)23-17-11-8-9-12-20(17)32(25(23)26)21-13-19(30-4)27(35-5)29(33,3)36-21/h6-12,19,21,27,30H,1,13-14H2,2-5H3,(H,31,34)/b10-7-/t19-,21?,27?,29?/m1/s1. The van der Waals surface area contributed by atoms with E-state index in [9.17, 15) is 4.79 Å². The molecule has 2 N–H and O–H groups in total. The molecule has 7 rings (SSSR count). The molecule has 0 saturated carbocycles. The summed E-state index contributed by atoms with van der Waals surface area (Å²) in [7, 11) is 3.75. The van der Waals surface area contributed by atoms with Gasteiger partial charge < -0.3 is 29.2 Å². The summed E-state index contributed by atoms with van der Waals surface area (Å²) >= 11 is 0. The Bertz CT molecular complexity index is 1660. The fourth-order valence-electron chi connectivity index (χ4n) is 7.26. The minimum Gasteiger partial charge on any atom is -0.375 e. The number of methoxy groups -OCH3 is 1. The van der Waals surface area contributed by atoms with Crippen molar-refractivity contribution in [1.82, 2.24) is 19.8 Å². The molecule has 2 aromatic heterocycles. The third-order valence-electron chi connectivity index (χ3n) is 8.58. The highest BCUT2D eigenvalue weighted by molar-refractivity contribution is 6.28.